The van der Waals surface area contributed by atoms with Crippen molar-refractivity contribution >= 4 is 17.4 Å². The van der Waals surface area contributed by atoms with Crippen molar-refractivity contribution in [1.82, 2.24) is 20.4 Å². The molecule has 0 bridgehead atoms. The van der Waals surface area contributed by atoms with Crippen LogP contribution >= 0.6 is 0 Å². The maximum Gasteiger partial charge on any atom is 0.234 e. The number of anilines is 2. The van der Waals surface area contributed by atoms with E-state index in [0.717, 1.165) is 57.8 Å². The van der Waals surface area contributed by atoms with Gasteiger partial charge in [0.1, 0.15) is 0 Å². The van der Waals surface area contributed by atoms with Crippen molar-refractivity contribution in [2.75, 3.05) is 56.1 Å². The van der Waals surface area contributed by atoms with Crippen LogP contribution in [0.2, 0.25) is 0 Å². The molecule has 0 saturated carbocycles. The second kappa shape index (κ2) is 9.89. The highest BCUT2D eigenvalue weighted by Crippen LogP contribution is 2.24. The van der Waals surface area contributed by atoms with Crippen molar-refractivity contribution in [3.63, 3.8) is 0 Å². The van der Waals surface area contributed by atoms with E-state index in [4.69, 9.17) is 0 Å². The van der Waals surface area contributed by atoms with Crippen molar-refractivity contribution < 1.29 is 4.79 Å². The molecule has 0 aliphatic carbocycles. The molecule has 1 N–H and O–H groups in total. The molecule has 7 nitrogen and oxygen atoms in total. The Morgan fingerprint density at radius 3 is 2.83 bits per heavy atom. The zero-order chi connectivity index (χ0) is 20.8. The molecule has 7 heteroatoms. The van der Waals surface area contributed by atoms with Gasteiger partial charge in [-0.1, -0.05) is 18.2 Å². The van der Waals surface area contributed by atoms with Gasteiger partial charge in [-0.3, -0.25) is 9.69 Å². The average molecular weight is 409 g/mol. The number of nitrogens with zero attached hydrogens (tertiary/aromatic N) is 5. The summed E-state index contributed by atoms with van der Waals surface area (Å²) in [5, 5.41) is 11.4. The van der Waals surface area contributed by atoms with Gasteiger partial charge in [0.25, 0.3) is 0 Å². The van der Waals surface area contributed by atoms with Crippen LogP contribution in [0, 0.1) is 5.92 Å². The maximum absolute atomic E-state index is 12.5. The Morgan fingerprint density at radius 1 is 1.17 bits per heavy atom. The monoisotopic (exact) mass is 408 g/mol. The van der Waals surface area contributed by atoms with Gasteiger partial charge in [-0.25, -0.2) is 0 Å². The van der Waals surface area contributed by atoms with Crippen molar-refractivity contribution in [2.45, 2.75) is 25.3 Å². The molecule has 2 unspecified atom stereocenters. The lowest BCUT2D eigenvalue weighted by molar-refractivity contribution is -0.122. The topological polar surface area (TPSA) is 64.6 Å². The van der Waals surface area contributed by atoms with Crippen LogP contribution in [0.5, 0.6) is 0 Å². The zero-order valence-corrected chi connectivity index (χ0v) is 17.8. The summed E-state index contributed by atoms with van der Waals surface area (Å²) in [6.45, 7) is 5.11. The minimum Gasteiger partial charge on any atom is -0.371 e. The summed E-state index contributed by atoms with van der Waals surface area (Å²) in [5.41, 5.74) is 1.27. The van der Waals surface area contributed by atoms with Crippen LogP contribution < -0.4 is 15.1 Å². The molecule has 0 radical (unpaired) electrons. The molecule has 1 aromatic carbocycles. The SMILES string of the molecule is CN(CC(=O)NCC1CCN(c2ccccc2)C1)CC1CCCN1c1cccnn1. The van der Waals surface area contributed by atoms with Gasteiger partial charge in [-0.05, 0) is 56.5 Å². The average Bonchev–Trinajstić information content (AvgIpc) is 3.43. The normalized spacial score (nSPS) is 21.4. The summed E-state index contributed by atoms with van der Waals surface area (Å²) in [7, 11) is 2.03. The highest BCUT2D eigenvalue weighted by Gasteiger charge is 2.27. The van der Waals surface area contributed by atoms with E-state index < -0.39 is 0 Å². The first-order valence-electron chi connectivity index (χ1n) is 11.0. The van der Waals surface area contributed by atoms with Gasteiger partial charge in [-0.2, -0.15) is 5.10 Å². The summed E-state index contributed by atoms with van der Waals surface area (Å²) in [6.07, 6.45) is 5.11. The van der Waals surface area contributed by atoms with Gasteiger partial charge < -0.3 is 15.1 Å². The second-order valence-electron chi connectivity index (χ2n) is 8.51. The summed E-state index contributed by atoms with van der Waals surface area (Å²) in [4.78, 5) is 19.3. The number of aromatic nitrogens is 2. The minimum atomic E-state index is 0.111. The number of nitrogens with one attached hydrogen (secondary N) is 1. The van der Waals surface area contributed by atoms with E-state index in [0.29, 0.717) is 18.5 Å². The van der Waals surface area contributed by atoms with Crippen LogP contribution in [-0.4, -0.2) is 73.4 Å². The molecular formula is C23H32N6O. The second-order valence-corrected chi connectivity index (χ2v) is 8.51. The van der Waals surface area contributed by atoms with Crippen LogP contribution in [0.15, 0.2) is 48.7 Å². The Balaban J connectivity index is 1.19. The van der Waals surface area contributed by atoms with Crippen molar-refractivity contribution in [1.29, 1.82) is 0 Å². The number of para-hydroxylation sites is 1. The predicted molar refractivity (Wildman–Crippen MR) is 120 cm³/mol. The number of amides is 1. The fourth-order valence-corrected chi connectivity index (χ4v) is 4.63. The first kappa shape index (κ1) is 20.6. The lowest BCUT2D eigenvalue weighted by atomic mass is 10.1. The fraction of sp³-hybridized carbons (Fsp3) is 0.522. The fourth-order valence-electron chi connectivity index (χ4n) is 4.63. The van der Waals surface area contributed by atoms with E-state index >= 15 is 0 Å². The number of hydrogen-bond acceptors (Lipinski definition) is 6. The molecule has 2 saturated heterocycles. The number of likely N-dealkylation sites (N-methyl/N-ethyl adjacent to an activating group) is 1. The van der Waals surface area contributed by atoms with Crippen LogP contribution in [0.3, 0.4) is 0 Å². The third-order valence-electron chi connectivity index (χ3n) is 6.16. The van der Waals surface area contributed by atoms with Crippen molar-refractivity contribution in [2.24, 2.45) is 5.92 Å². The highest BCUT2D eigenvalue weighted by molar-refractivity contribution is 5.78. The lowest BCUT2D eigenvalue weighted by Crippen LogP contribution is -2.44. The smallest absolute Gasteiger partial charge is 0.234 e. The Labute approximate surface area is 179 Å². The summed E-state index contributed by atoms with van der Waals surface area (Å²) in [6, 6.07) is 14.8. The molecule has 30 heavy (non-hydrogen) atoms. The molecule has 3 heterocycles. The van der Waals surface area contributed by atoms with Crippen LogP contribution in [-0.2, 0) is 4.79 Å². The van der Waals surface area contributed by atoms with E-state index in [2.05, 4.69) is 54.5 Å². The number of hydrogen-bond donors (Lipinski definition) is 1. The Bertz CT molecular complexity index is 802. The Morgan fingerprint density at radius 2 is 2.03 bits per heavy atom. The zero-order valence-electron chi connectivity index (χ0n) is 17.8. The Kier molecular flexibility index (Phi) is 6.79. The van der Waals surface area contributed by atoms with Gasteiger partial charge in [-0.15, -0.1) is 5.10 Å². The van der Waals surface area contributed by atoms with Crippen molar-refractivity contribution in [3.05, 3.63) is 48.7 Å². The van der Waals surface area contributed by atoms with Crippen LogP contribution in [0.25, 0.3) is 0 Å². The van der Waals surface area contributed by atoms with Crippen LogP contribution in [0.4, 0.5) is 11.5 Å². The molecule has 0 spiro atoms. The number of carbonyl (C=O) groups excluding carboxylic acids is 1. The lowest BCUT2D eigenvalue weighted by Gasteiger charge is -2.29. The van der Waals surface area contributed by atoms with Gasteiger partial charge in [0.05, 0.1) is 6.54 Å². The van der Waals surface area contributed by atoms with Gasteiger partial charge in [0.2, 0.25) is 5.91 Å². The third-order valence-corrected chi connectivity index (χ3v) is 6.16. The molecule has 160 valence electrons. The molecule has 2 atom stereocenters. The minimum absolute atomic E-state index is 0.111. The standard InChI is InChI=1S/C23H32N6O/c1-27(17-21-9-6-13-29(21)22-10-5-12-25-26-22)18-23(30)24-15-19-11-14-28(16-19)20-7-3-2-4-8-20/h2-5,7-8,10,12,19,21H,6,9,11,13-18H2,1H3,(H,24,30). The Hall–Kier alpha value is -2.67. The number of benzene rings is 1. The van der Waals surface area contributed by atoms with Crippen molar-refractivity contribution in [3.8, 4) is 0 Å². The number of carbonyl (C=O) groups is 1. The van der Waals surface area contributed by atoms with Gasteiger partial charge in [0.15, 0.2) is 5.82 Å². The molecule has 2 aliphatic heterocycles. The van der Waals surface area contributed by atoms with E-state index in [1.807, 2.05) is 25.2 Å². The molecular weight excluding hydrogens is 376 g/mol. The largest absolute Gasteiger partial charge is 0.371 e. The highest BCUT2D eigenvalue weighted by atomic mass is 16.2. The summed E-state index contributed by atoms with van der Waals surface area (Å²) < 4.78 is 0. The van der Waals surface area contributed by atoms with Gasteiger partial charge >= 0.3 is 0 Å². The van der Waals surface area contributed by atoms with E-state index in [1.165, 1.54) is 5.69 Å². The summed E-state index contributed by atoms with van der Waals surface area (Å²) >= 11 is 0. The number of rotatable bonds is 8. The molecule has 1 aromatic heterocycles. The first-order chi connectivity index (χ1) is 14.7. The molecule has 2 fully saturated rings. The van der Waals surface area contributed by atoms with E-state index in [9.17, 15) is 4.79 Å². The van der Waals surface area contributed by atoms with Crippen LogP contribution in [0.1, 0.15) is 19.3 Å². The van der Waals surface area contributed by atoms with Gasteiger partial charge in [0, 0.05) is 50.6 Å². The quantitative estimate of drug-likeness (QED) is 0.721. The van der Waals surface area contributed by atoms with E-state index in [-0.39, 0.29) is 5.91 Å². The third kappa shape index (κ3) is 5.27. The van der Waals surface area contributed by atoms with E-state index in [1.54, 1.807) is 6.20 Å². The first-order valence-corrected chi connectivity index (χ1v) is 11.0. The molecule has 4 rings (SSSR count). The molecule has 2 aromatic rings. The maximum atomic E-state index is 12.5. The molecule has 1 amide bonds. The molecule has 2 aliphatic rings. The predicted octanol–water partition coefficient (Wildman–Crippen LogP) is 2.02. The summed E-state index contributed by atoms with van der Waals surface area (Å²) in [5.74, 6) is 1.56.